The number of hydrogen-bond donors (Lipinski definition) is 2. The van der Waals surface area contributed by atoms with E-state index in [4.69, 9.17) is 5.11 Å². The average molecular weight is 310 g/mol. The number of unbranched alkanes of at least 4 members (excludes halogenated alkanes) is 2. The van der Waals surface area contributed by atoms with Crippen molar-refractivity contribution in [3.63, 3.8) is 0 Å². The van der Waals surface area contributed by atoms with Gasteiger partial charge in [-0.2, -0.15) is 0 Å². The van der Waals surface area contributed by atoms with Crippen LogP contribution in [0.2, 0.25) is 0 Å². The van der Waals surface area contributed by atoms with E-state index in [-0.39, 0.29) is 18.8 Å². The van der Waals surface area contributed by atoms with Crippen LogP contribution in [0.5, 0.6) is 0 Å². The Balaban J connectivity index is 2.69. The predicted molar refractivity (Wildman–Crippen MR) is 83.0 cm³/mol. The van der Waals surface area contributed by atoms with Crippen LogP contribution in [-0.4, -0.2) is 41.5 Å². The summed E-state index contributed by atoms with van der Waals surface area (Å²) in [5, 5.41) is 11.4. The Morgan fingerprint density at radius 2 is 1.95 bits per heavy atom. The molecule has 0 atom stereocenters. The minimum atomic E-state index is -0.824. The smallest absolute Gasteiger partial charge is 0.313 e. The van der Waals surface area contributed by atoms with Gasteiger partial charge in [-0.15, -0.1) is 0 Å². The molecule has 6 heteroatoms. The van der Waals surface area contributed by atoms with Crippen molar-refractivity contribution >= 4 is 17.5 Å². The molecule has 0 heterocycles. The molecule has 5 nitrogen and oxygen atoms in total. The Morgan fingerprint density at radius 3 is 2.55 bits per heavy atom. The molecule has 1 rings (SSSR count). The molecule has 1 aromatic carbocycles. The monoisotopic (exact) mass is 310 g/mol. The molecule has 0 radical (unpaired) electrons. The average Bonchev–Trinajstić information content (AvgIpc) is 2.44. The van der Waals surface area contributed by atoms with Crippen molar-refractivity contribution in [2.45, 2.75) is 33.1 Å². The van der Waals surface area contributed by atoms with E-state index in [1.54, 1.807) is 13.0 Å². The molecule has 0 aliphatic heterocycles. The maximum Gasteiger partial charge on any atom is 0.313 e. The summed E-state index contributed by atoms with van der Waals surface area (Å²) in [7, 11) is 0. The maximum absolute atomic E-state index is 13.3. The van der Waals surface area contributed by atoms with Crippen LogP contribution in [-0.2, 0) is 9.59 Å². The van der Waals surface area contributed by atoms with E-state index < -0.39 is 17.6 Å². The van der Waals surface area contributed by atoms with Gasteiger partial charge in [0, 0.05) is 18.8 Å². The van der Waals surface area contributed by atoms with Crippen LogP contribution in [0.3, 0.4) is 0 Å². The third-order valence-corrected chi connectivity index (χ3v) is 3.18. The largest absolute Gasteiger partial charge is 0.395 e. The van der Waals surface area contributed by atoms with Crippen molar-refractivity contribution < 1.29 is 19.1 Å². The van der Waals surface area contributed by atoms with E-state index in [0.717, 1.165) is 25.3 Å². The number of aliphatic hydroxyl groups is 1. The van der Waals surface area contributed by atoms with Crippen LogP contribution in [0.15, 0.2) is 18.2 Å². The number of benzene rings is 1. The summed E-state index contributed by atoms with van der Waals surface area (Å²) in [5.74, 6) is -2.01. The Bertz CT molecular complexity index is 500. The second-order valence-electron chi connectivity index (χ2n) is 5.19. The van der Waals surface area contributed by atoms with Crippen molar-refractivity contribution in [3.8, 4) is 0 Å². The van der Waals surface area contributed by atoms with Gasteiger partial charge in [-0.1, -0.05) is 19.8 Å². The van der Waals surface area contributed by atoms with Gasteiger partial charge in [0.05, 0.1) is 6.61 Å². The first-order valence-electron chi connectivity index (χ1n) is 7.46. The molecule has 1 aromatic rings. The van der Waals surface area contributed by atoms with E-state index in [0.29, 0.717) is 12.1 Å². The minimum absolute atomic E-state index is 0.109. The number of aryl methyl sites for hydroxylation is 1. The number of carbonyl (C=O) groups excluding carboxylic acids is 2. The van der Waals surface area contributed by atoms with Gasteiger partial charge in [-0.25, -0.2) is 4.39 Å². The quantitative estimate of drug-likeness (QED) is 0.598. The van der Waals surface area contributed by atoms with Gasteiger partial charge in [-0.3, -0.25) is 9.59 Å². The predicted octanol–water partition coefficient (Wildman–Crippen LogP) is 2.08. The molecule has 0 bridgehead atoms. The number of rotatable bonds is 7. The standard InChI is InChI=1S/C16H23FN2O3/c1-3-4-5-6-19(7-8-20)16(22)15(21)18-14-10-12(2)9-13(17)11-14/h9-11,20H,3-8H2,1-2H3,(H,18,21). The lowest BCUT2D eigenvalue weighted by molar-refractivity contribution is -0.143. The first kappa shape index (κ1) is 18.1. The molecule has 0 fully saturated rings. The van der Waals surface area contributed by atoms with Gasteiger partial charge in [0.25, 0.3) is 0 Å². The lowest BCUT2D eigenvalue weighted by atomic mass is 10.2. The Labute approximate surface area is 130 Å². The second-order valence-corrected chi connectivity index (χ2v) is 5.19. The molecule has 2 amide bonds. The molecule has 122 valence electrons. The Hall–Kier alpha value is -1.95. The topological polar surface area (TPSA) is 69.6 Å². The highest BCUT2D eigenvalue weighted by atomic mass is 19.1. The van der Waals surface area contributed by atoms with Gasteiger partial charge in [0.1, 0.15) is 5.82 Å². The van der Waals surface area contributed by atoms with Gasteiger partial charge in [0.2, 0.25) is 0 Å². The van der Waals surface area contributed by atoms with E-state index in [1.165, 1.54) is 11.0 Å². The van der Waals surface area contributed by atoms with E-state index in [9.17, 15) is 14.0 Å². The van der Waals surface area contributed by atoms with Crippen LogP contribution in [0.25, 0.3) is 0 Å². The lowest BCUT2D eigenvalue weighted by Crippen LogP contribution is -2.41. The number of aliphatic hydroxyl groups excluding tert-OH is 1. The van der Waals surface area contributed by atoms with Crippen molar-refractivity contribution in [3.05, 3.63) is 29.6 Å². The molecule has 0 aromatic heterocycles. The lowest BCUT2D eigenvalue weighted by Gasteiger charge is -2.21. The van der Waals surface area contributed by atoms with Gasteiger partial charge < -0.3 is 15.3 Å². The molecule has 2 N–H and O–H groups in total. The molecule has 0 saturated carbocycles. The van der Waals surface area contributed by atoms with Crippen LogP contribution in [0.4, 0.5) is 10.1 Å². The third-order valence-electron chi connectivity index (χ3n) is 3.18. The molecular weight excluding hydrogens is 287 g/mol. The number of amides is 2. The summed E-state index contributed by atoms with van der Waals surface area (Å²) in [6, 6.07) is 4.08. The van der Waals surface area contributed by atoms with Gasteiger partial charge in [0.15, 0.2) is 0 Å². The summed E-state index contributed by atoms with van der Waals surface area (Å²) in [6.45, 7) is 4.06. The van der Waals surface area contributed by atoms with Crippen LogP contribution in [0, 0.1) is 12.7 Å². The minimum Gasteiger partial charge on any atom is -0.395 e. The normalized spacial score (nSPS) is 10.4. The summed E-state index contributed by atoms with van der Waals surface area (Å²) in [4.78, 5) is 25.4. The highest BCUT2D eigenvalue weighted by Gasteiger charge is 2.21. The third kappa shape index (κ3) is 5.81. The highest BCUT2D eigenvalue weighted by molar-refractivity contribution is 6.39. The fourth-order valence-electron chi connectivity index (χ4n) is 2.12. The number of anilines is 1. The fourth-order valence-corrected chi connectivity index (χ4v) is 2.12. The van der Waals surface area contributed by atoms with Crippen LogP contribution < -0.4 is 5.32 Å². The molecule has 0 aliphatic rings. The first-order valence-corrected chi connectivity index (χ1v) is 7.46. The summed E-state index contributed by atoms with van der Waals surface area (Å²) in [6.07, 6.45) is 2.71. The Morgan fingerprint density at radius 1 is 1.23 bits per heavy atom. The molecule has 0 aliphatic carbocycles. The molecular formula is C16H23FN2O3. The Kier molecular flexibility index (Phi) is 7.52. The molecule has 0 unspecified atom stereocenters. The summed E-state index contributed by atoms with van der Waals surface area (Å²) >= 11 is 0. The fraction of sp³-hybridized carbons (Fsp3) is 0.500. The van der Waals surface area contributed by atoms with Crippen LogP contribution in [0.1, 0.15) is 31.7 Å². The van der Waals surface area contributed by atoms with E-state index in [1.807, 2.05) is 6.92 Å². The molecule has 0 spiro atoms. The second kappa shape index (κ2) is 9.15. The first-order chi connectivity index (χ1) is 10.5. The molecule has 0 saturated heterocycles. The zero-order chi connectivity index (χ0) is 16.5. The number of hydrogen-bond acceptors (Lipinski definition) is 3. The van der Waals surface area contributed by atoms with E-state index >= 15 is 0 Å². The maximum atomic E-state index is 13.3. The van der Waals surface area contributed by atoms with Crippen molar-refractivity contribution in [1.82, 2.24) is 4.90 Å². The van der Waals surface area contributed by atoms with Crippen molar-refractivity contribution in [2.75, 3.05) is 25.0 Å². The van der Waals surface area contributed by atoms with E-state index in [2.05, 4.69) is 5.32 Å². The van der Waals surface area contributed by atoms with Gasteiger partial charge in [-0.05, 0) is 37.1 Å². The summed E-state index contributed by atoms with van der Waals surface area (Å²) < 4.78 is 13.3. The van der Waals surface area contributed by atoms with Crippen LogP contribution >= 0.6 is 0 Å². The zero-order valence-corrected chi connectivity index (χ0v) is 13.1. The SMILES string of the molecule is CCCCCN(CCO)C(=O)C(=O)Nc1cc(C)cc(F)c1. The highest BCUT2D eigenvalue weighted by Crippen LogP contribution is 2.13. The number of nitrogens with zero attached hydrogens (tertiary/aromatic N) is 1. The number of carbonyl (C=O) groups is 2. The number of nitrogens with one attached hydrogen (secondary N) is 1. The molecule has 22 heavy (non-hydrogen) atoms. The zero-order valence-electron chi connectivity index (χ0n) is 13.1. The van der Waals surface area contributed by atoms with Crippen molar-refractivity contribution in [2.24, 2.45) is 0 Å². The van der Waals surface area contributed by atoms with Gasteiger partial charge >= 0.3 is 11.8 Å². The summed E-state index contributed by atoms with van der Waals surface area (Å²) in [5.41, 5.74) is 0.895. The number of halogens is 1. The van der Waals surface area contributed by atoms with Crippen molar-refractivity contribution in [1.29, 1.82) is 0 Å².